The number of nitrogens with zero attached hydrogens (tertiary/aromatic N) is 4. The summed E-state index contributed by atoms with van der Waals surface area (Å²) in [4.78, 5) is 19.2. The van der Waals surface area contributed by atoms with Crippen LogP contribution in [0.1, 0.15) is 30.1 Å². The number of likely N-dealkylation sites (tertiary alicyclic amines) is 1. The first-order chi connectivity index (χ1) is 17.2. The number of hydrogen-bond donors (Lipinski definition) is 1. The third-order valence-corrected chi connectivity index (χ3v) is 6.01. The van der Waals surface area contributed by atoms with E-state index in [1.165, 1.54) is 25.9 Å². The van der Waals surface area contributed by atoms with Crippen molar-refractivity contribution in [3.63, 3.8) is 0 Å². The van der Waals surface area contributed by atoms with E-state index in [0.717, 1.165) is 29.2 Å². The molecule has 8 nitrogen and oxygen atoms in total. The number of ether oxygens (including phenoxy) is 2. The van der Waals surface area contributed by atoms with Gasteiger partial charge in [-0.05, 0) is 81.4 Å². The molecule has 0 aliphatic carbocycles. The molecule has 1 fully saturated rings. The molecule has 180 valence electrons. The highest BCUT2D eigenvalue weighted by molar-refractivity contribution is 5.91. The van der Waals surface area contributed by atoms with Crippen LogP contribution in [-0.4, -0.2) is 58.3 Å². The standard InChI is InChI=1S/C27H29N5O3/c1-2-34-26(33)21-8-5-7-20(19-21)24-9-6-10-25-29-27(30-32(24)25)28-22-11-13-23(14-12-22)35-18-17-31-15-3-4-16-31/h5-14,19H,2-4,15-18H2,1H3,(H,28,30). The zero-order chi connectivity index (χ0) is 24.0. The van der Waals surface area contributed by atoms with Gasteiger partial charge in [-0.2, -0.15) is 4.98 Å². The molecule has 0 amide bonds. The van der Waals surface area contributed by atoms with E-state index in [1.54, 1.807) is 17.5 Å². The van der Waals surface area contributed by atoms with Crippen molar-refractivity contribution in [3.8, 4) is 17.0 Å². The molecular formula is C27H29N5O3. The van der Waals surface area contributed by atoms with Gasteiger partial charge >= 0.3 is 5.97 Å². The maximum Gasteiger partial charge on any atom is 0.338 e. The van der Waals surface area contributed by atoms with Crippen molar-refractivity contribution in [1.82, 2.24) is 19.5 Å². The van der Waals surface area contributed by atoms with Crippen LogP contribution in [0.15, 0.2) is 66.7 Å². The van der Waals surface area contributed by atoms with Gasteiger partial charge in [-0.3, -0.25) is 4.90 Å². The van der Waals surface area contributed by atoms with E-state index in [2.05, 4.69) is 20.3 Å². The molecule has 5 rings (SSSR count). The van der Waals surface area contributed by atoms with Gasteiger partial charge < -0.3 is 14.8 Å². The van der Waals surface area contributed by atoms with Crippen molar-refractivity contribution in [1.29, 1.82) is 0 Å². The number of esters is 1. The highest BCUT2D eigenvalue weighted by Gasteiger charge is 2.13. The number of nitrogens with one attached hydrogen (secondary N) is 1. The molecular weight excluding hydrogens is 442 g/mol. The van der Waals surface area contributed by atoms with E-state index in [4.69, 9.17) is 9.47 Å². The van der Waals surface area contributed by atoms with E-state index < -0.39 is 0 Å². The van der Waals surface area contributed by atoms with Crippen LogP contribution in [-0.2, 0) is 4.74 Å². The largest absolute Gasteiger partial charge is 0.492 e. The molecule has 0 saturated carbocycles. The summed E-state index contributed by atoms with van der Waals surface area (Å²) in [6.07, 6.45) is 2.58. The molecule has 0 unspecified atom stereocenters. The molecule has 1 saturated heterocycles. The smallest absolute Gasteiger partial charge is 0.338 e. The highest BCUT2D eigenvalue weighted by atomic mass is 16.5. The van der Waals surface area contributed by atoms with Crippen molar-refractivity contribution in [2.75, 3.05) is 38.2 Å². The Hall–Kier alpha value is -3.91. The minimum absolute atomic E-state index is 0.336. The van der Waals surface area contributed by atoms with E-state index in [9.17, 15) is 4.79 Å². The molecule has 3 heterocycles. The molecule has 0 radical (unpaired) electrons. The molecule has 0 atom stereocenters. The van der Waals surface area contributed by atoms with E-state index in [1.807, 2.05) is 60.7 Å². The minimum Gasteiger partial charge on any atom is -0.492 e. The lowest BCUT2D eigenvalue weighted by Gasteiger charge is -2.15. The average molecular weight is 472 g/mol. The Morgan fingerprint density at radius 1 is 1.03 bits per heavy atom. The summed E-state index contributed by atoms with van der Waals surface area (Å²) >= 11 is 0. The fourth-order valence-corrected chi connectivity index (χ4v) is 4.26. The lowest BCUT2D eigenvalue weighted by molar-refractivity contribution is 0.0526. The Balaban J connectivity index is 1.29. The number of carbonyl (C=O) groups is 1. The molecule has 8 heteroatoms. The lowest BCUT2D eigenvalue weighted by Crippen LogP contribution is -2.25. The van der Waals surface area contributed by atoms with Crippen molar-refractivity contribution >= 4 is 23.3 Å². The van der Waals surface area contributed by atoms with Crippen LogP contribution in [0.5, 0.6) is 5.75 Å². The first-order valence-corrected chi connectivity index (χ1v) is 12.1. The van der Waals surface area contributed by atoms with Crippen LogP contribution in [0.25, 0.3) is 16.9 Å². The maximum absolute atomic E-state index is 12.2. The van der Waals surface area contributed by atoms with Crippen molar-refractivity contribution in [3.05, 3.63) is 72.3 Å². The normalized spacial score (nSPS) is 13.7. The molecule has 4 aromatic rings. The van der Waals surface area contributed by atoms with Crippen LogP contribution in [0, 0.1) is 0 Å². The summed E-state index contributed by atoms with van der Waals surface area (Å²) in [5, 5.41) is 7.92. The Bertz CT molecular complexity index is 1300. The summed E-state index contributed by atoms with van der Waals surface area (Å²) in [5.74, 6) is 0.995. The van der Waals surface area contributed by atoms with Gasteiger partial charge in [-0.15, -0.1) is 5.10 Å². The summed E-state index contributed by atoms with van der Waals surface area (Å²) < 4.78 is 12.8. The highest BCUT2D eigenvalue weighted by Crippen LogP contribution is 2.24. The molecule has 2 aromatic carbocycles. The predicted molar refractivity (Wildman–Crippen MR) is 135 cm³/mol. The van der Waals surface area contributed by atoms with Crippen LogP contribution in [0.2, 0.25) is 0 Å². The Morgan fingerprint density at radius 3 is 2.63 bits per heavy atom. The first kappa shape index (κ1) is 22.9. The minimum atomic E-state index is -0.342. The zero-order valence-corrected chi connectivity index (χ0v) is 19.8. The molecule has 35 heavy (non-hydrogen) atoms. The van der Waals surface area contributed by atoms with Gasteiger partial charge in [0.2, 0.25) is 5.95 Å². The number of benzene rings is 2. The summed E-state index contributed by atoms with van der Waals surface area (Å²) in [5.41, 5.74) is 3.76. The molecule has 1 N–H and O–H groups in total. The maximum atomic E-state index is 12.2. The topological polar surface area (TPSA) is 81.0 Å². The number of hydrogen-bond acceptors (Lipinski definition) is 7. The number of fused-ring (bicyclic) bond motifs is 1. The Morgan fingerprint density at radius 2 is 1.83 bits per heavy atom. The third-order valence-electron chi connectivity index (χ3n) is 6.01. The van der Waals surface area contributed by atoms with E-state index in [-0.39, 0.29) is 5.97 Å². The number of carbonyl (C=O) groups excluding carboxylic acids is 1. The fraction of sp³-hybridized carbons (Fsp3) is 0.296. The molecule has 2 aromatic heterocycles. The summed E-state index contributed by atoms with van der Waals surface area (Å²) in [6, 6.07) is 20.9. The molecule has 1 aliphatic heterocycles. The van der Waals surface area contributed by atoms with Gasteiger partial charge in [-0.1, -0.05) is 18.2 Å². The molecule has 0 spiro atoms. The van der Waals surface area contributed by atoms with Gasteiger partial charge in [0.05, 0.1) is 17.9 Å². The fourth-order valence-electron chi connectivity index (χ4n) is 4.26. The number of anilines is 2. The molecule has 1 aliphatic rings. The predicted octanol–water partition coefficient (Wildman–Crippen LogP) is 4.79. The number of rotatable bonds is 9. The van der Waals surface area contributed by atoms with Gasteiger partial charge in [0.25, 0.3) is 0 Å². The number of pyridine rings is 1. The quantitative estimate of drug-likeness (QED) is 0.352. The lowest BCUT2D eigenvalue weighted by atomic mass is 10.1. The Kier molecular flexibility index (Phi) is 6.90. The summed E-state index contributed by atoms with van der Waals surface area (Å²) in [7, 11) is 0. The Labute approximate surface area is 204 Å². The van der Waals surface area contributed by atoms with Crippen molar-refractivity contribution < 1.29 is 14.3 Å². The number of aromatic nitrogens is 3. The monoisotopic (exact) mass is 471 g/mol. The second-order valence-electron chi connectivity index (χ2n) is 8.46. The van der Waals surface area contributed by atoms with Crippen LogP contribution in [0.4, 0.5) is 11.6 Å². The second kappa shape index (κ2) is 10.6. The van der Waals surface area contributed by atoms with Crippen LogP contribution in [0.3, 0.4) is 0 Å². The van der Waals surface area contributed by atoms with Crippen LogP contribution >= 0.6 is 0 Å². The van der Waals surface area contributed by atoms with Gasteiger partial charge in [-0.25, -0.2) is 9.31 Å². The van der Waals surface area contributed by atoms with E-state index >= 15 is 0 Å². The zero-order valence-electron chi connectivity index (χ0n) is 19.8. The van der Waals surface area contributed by atoms with Gasteiger partial charge in [0.1, 0.15) is 12.4 Å². The summed E-state index contributed by atoms with van der Waals surface area (Å²) in [6.45, 7) is 6.15. The van der Waals surface area contributed by atoms with E-state index in [0.29, 0.717) is 30.4 Å². The van der Waals surface area contributed by atoms with Gasteiger partial charge in [0, 0.05) is 17.8 Å². The third kappa shape index (κ3) is 5.44. The second-order valence-corrected chi connectivity index (χ2v) is 8.46. The average Bonchev–Trinajstić information content (AvgIpc) is 3.55. The van der Waals surface area contributed by atoms with Crippen LogP contribution < -0.4 is 10.1 Å². The van der Waals surface area contributed by atoms with Crippen molar-refractivity contribution in [2.45, 2.75) is 19.8 Å². The molecule has 0 bridgehead atoms. The van der Waals surface area contributed by atoms with Crippen molar-refractivity contribution in [2.24, 2.45) is 0 Å². The first-order valence-electron chi connectivity index (χ1n) is 12.1. The SMILES string of the molecule is CCOC(=O)c1cccc(-c2cccc3nc(Nc4ccc(OCCN5CCCC5)cc4)nn23)c1. The van der Waals surface area contributed by atoms with Gasteiger partial charge in [0.15, 0.2) is 5.65 Å².